The summed E-state index contributed by atoms with van der Waals surface area (Å²) in [6, 6.07) is 5.54. The molecule has 0 amide bonds. The van der Waals surface area contributed by atoms with Crippen LogP contribution < -0.4 is 15.2 Å². The van der Waals surface area contributed by atoms with Gasteiger partial charge >= 0.3 is 0 Å². The van der Waals surface area contributed by atoms with Gasteiger partial charge in [-0.15, -0.1) is 0 Å². The highest BCUT2D eigenvalue weighted by Crippen LogP contribution is 2.27. The van der Waals surface area contributed by atoms with E-state index in [1.807, 2.05) is 18.2 Å². The van der Waals surface area contributed by atoms with Crippen LogP contribution in [-0.4, -0.2) is 30.7 Å². The molecule has 1 aromatic rings. The van der Waals surface area contributed by atoms with E-state index in [0.29, 0.717) is 29.5 Å². The lowest BCUT2D eigenvalue weighted by Gasteiger charge is -2.09. The van der Waals surface area contributed by atoms with Crippen molar-refractivity contribution < 1.29 is 13.7 Å². The Morgan fingerprint density at radius 1 is 1.25 bits per heavy atom. The highest BCUT2D eigenvalue weighted by Gasteiger charge is 2.06. The lowest BCUT2D eigenvalue weighted by Crippen LogP contribution is -2.11. The number of hydrogen-bond acceptors (Lipinski definition) is 4. The van der Waals surface area contributed by atoms with Crippen LogP contribution in [0.5, 0.6) is 11.5 Å². The Bertz CT molecular complexity index is 368. The van der Waals surface area contributed by atoms with Crippen LogP contribution in [0.25, 0.3) is 0 Å². The molecule has 0 bridgehead atoms. The summed E-state index contributed by atoms with van der Waals surface area (Å²) in [7, 11) is 2.26. The van der Waals surface area contributed by atoms with Crippen LogP contribution in [0, 0.1) is 0 Å². The van der Waals surface area contributed by atoms with E-state index < -0.39 is 10.8 Å². The Labute approximate surface area is 98.2 Å². The summed E-state index contributed by atoms with van der Waals surface area (Å²) in [6.07, 6.45) is 0. The van der Waals surface area contributed by atoms with Gasteiger partial charge in [0.25, 0.3) is 0 Å². The van der Waals surface area contributed by atoms with Crippen molar-refractivity contribution >= 4 is 10.8 Å². The van der Waals surface area contributed by atoms with Gasteiger partial charge < -0.3 is 15.2 Å². The van der Waals surface area contributed by atoms with Crippen molar-refractivity contribution in [3.05, 3.63) is 23.8 Å². The van der Waals surface area contributed by atoms with Gasteiger partial charge in [-0.3, -0.25) is 4.21 Å². The largest absolute Gasteiger partial charge is 0.493 e. The second kappa shape index (κ2) is 6.50. The number of benzene rings is 1. The molecule has 1 rings (SSSR count). The first-order chi connectivity index (χ1) is 7.71. The van der Waals surface area contributed by atoms with Gasteiger partial charge in [-0.25, -0.2) is 0 Å². The van der Waals surface area contributed by atoms with Crippen LogP contribution in [0.2, 0.25) is 0 Å². The van der Waals surface area contributed by atoms with E-state index in [0.717, 1.165) is 5.56 Å². The normalized spacial score (nSPS) is 12.2. The second-order valence-corrected chi connectivity index (χ2v) is 4.84. The van der Waals surface area contributed by atoms with E-state index in [1.54, 1.807) is 14.2 Å². The minimum absolute atomic E-state index is 0.444. The van der Waals surface area contributed by atoms with Gasteiger partial charge in [0, 0.05) is 28.9 Å². The first-order valence-electron chi connectivity index (χ1n) is 4.97. The van der Waals surface area contributed by atoms with Crippen LogP contribution in [-0.2, 0) is 16.6 Å². The molecule has 1 aromatic carbocycles. The van der Waals surface area contributed by atoms with Crippen molar-refractivity contribution in [3.63, 3.8) is 0 Å². The van der Waals surface area contributed by atoms with Crippen LogP contribution in [0.1, 0.15) is 5.56 Å². The van der Waals surface area contributed by atoms with Gasteiger partial charge in [0.2, 0.25) is 0 Å². The number of hydrogen-bond donors (Lipinski definition) is 1. The Hall–Kier alpha value is -1.07. The van der Waals surface area contributed by atoms with E-state index >= 15 is 0 Å². The molecule has 90 valence electrons. The number of rotatable bonds is 6. The number of ether oxygens (including phenoxy) is 2. The monoisotopic (exact) mass is 243 g/mol. The fourth-order valence-corrected chi connectivity index (χ4v) is 2.32. The van der Waals surface area contributed by atoms with E-state index in [2.05, 4.69) is 0 Å². The fraction of sp³-hybridized carbons (Fsp3) is 0.455. The molecule has 1 unspecified atom stereocenters. The zero-order valence-corrected chi connectivity index (χ0v) is 10.4. The molecule has 0 aliphatic carbocycles. The van der Waals surface area contributed by atoms with Crippen molar-refractivity contribution in [1.82, 2.24) is 0 Å². The average Bonchev–Trinajstić information content (AvgIpc) is 2.29. The lowest BCUT2D eigenvalue weighted by molar-refractivity contribution is 0.354. The van der Waals surface area contributed by atoms with Crippen molar-refractivity contribution in [2.45, 2.75) is 5.75 Å². The highest BCUT2D eigenvalue weighted by atomic mass is 32.2. The molecule has 0 heterocycles. The van der Waals surface area contributed by atoms with Gasteiger partial charge in [-0.1, -0.05) is 6.07 Å². The van der Waals surface area contributed by atoms with Crippen LogP contribution in [0.4, 0.5) is 0 Å². The van der Waals surface area contributed by atoms with E-state index in [4.69, 9.17) is 15.2 Å². The number of nitrogens with two attached hydrogens (primary N) is 1. The van der Waals surface area contributed by atoms with Gasteiger partial charge in [0.15, 0.2) is 11.5 Å². The topological polar surface area (TPSA) is 61.5 Å². The van der Waals surface area contributed by atoms with Gasteiger partial charge in [-0.2, -0.15) is 0 Å². The minimum atomic E-state index is -0.911. The maximum Gasteiger partial charge on any atom is 0.161 e. The molecule has 0 saturated heterocycles. The van der Waals surface area contributed by atoms with E-state index in [-0.39, 0.29) is 0 Å². The molecule has 4 nitrogen and oxygen atoms in total. The minimum Gasteiger partial charge on any atom is -0.493 e. The molecule has 5 heteroatoms. The SMILES string of the molecule is COc1ccc(CS(=O)CCN)cc1OC. The summed E-state index contributed by atoms with van der Waals surface area (Å²) in [6.45, 7) is 0.444. The highest BCUT2D eigenvalue weighted by molar-refractivity contribution is 7.84. The molecule has 0 saturated carbocycles. The molecule has 0 spiro atoms. The Kier molecular flexibility index (Phi) is 5.28. The summed E-state index contributed by atoms with van der Waals surface area (Å²) in [5.41, 5.74) is 6.31. The third kappa shape index (κ3) is 3.50. The van der Waals surface area contributed by atoms with Crippen molar-refractivity contribution in [2.75, 3.05) is 26.5 Å². The van der Waals surface area contributed by atoms with Crippen molar-refractivity contribution in [1.29, 1.82) is 0 Å². The maximum absolute atomic E-state index is 11.5. The summed E-state index contributed by atoms with van der Waals surface area (Å²) in [4.78, 5) is 0. The van der Waals surface area contributed by atoms with Crippen LogP contribution in [0.3, 0.4) is 0 Å². The van der Waals surface area contributed by atoms with Crippen molar-refractivity contribution in [3.8, 4) is 11.5 Å². The lowest BCUT2D eigenvalue weighted by atomic mass is 10.2. The third-order valence-electron chi connectivity index (χ3n) is 2.12. The van der Waals surface area contributed by atoms with E-state index in [1.165, 1.54) is 0 Å². The summed E-state index contributed by atoms with van der Waals surface area (Å²) >= 11 is 0. The standard InChI is InChI=1S/C11H17NO3S/c1-14-10-4-3-9(7-11(10)15-2)8-16(13)6-5-12/h3-4,7H,5-6,8,12H2,1-2H3. The molecular formula is C11H17NO3S. The predicted molar refractivity (Wildman–Crippen MR) is 65.3 cm³/mol. The smallest absolute Gasteiger partial charge is 0.161 e. The summed E-state index contributed by atoms with van der Waals surface area (Å²) in [5, 5.41) is 0. The quantitative estimate of drug-likeness (QED) is 0.806. The van der Waals surface area contributed by atoms with Crippen LogP contribution >= 0.6 is 0 Å². The van der Waals surface area contributed by atoms with Gasteiger partial charge in [0.1, 0.15) is 0 Å². The molecule has 16 heavy (non-hydrogen) atoms. The number of methoxy groups -OCH3 is 2. The summed E-state index contributed by atoms with van der Waals surface area (Å²) in [5.74, 6) is 2.35. The molecule has 0 radical (unpaired) electrons. The first kappa shape index (κ1) is 13.0. The van der Waals surface area contributed by atoms with Gasteiger partial charge in [0.05, 0.1) is 14.2 Å². The fourth-order valence-electron chi connectivity index (χ4n) is 1.36. The van der Waals surface area contributed by atoms with E-state index in [9.17, 15) is 4.21 Å². The molecule has 1 atom stereocenters. The summed E-state index contributed by atoms with van der Waals surface area (Å²) < 4.78 is 21.8. The molecule has 0 aliphatic rings. The molecule has 0 aromatic heterocycles. The molecule has 2 N–H and O–H groups in total. The van der Waals surface area contributed by atoms with Crippen molar-refractivity contribution in [2.24, 2.45) is 5.73 Å². The zero-order valence-electron chi connectivity index (χ0n) is 9.56. The first-order valence-corrected chi connectivity index (χ1v) is 6.46. The Morgan fingerprint density at radius 3 is 2.50 bits per heavy atom. The predicted octanol–water partition coefficient (Wildman–Crippen LogP) is 0.911. The zero-order chi connectivity index (χ0) is 12.0. The van der Waals surface area contributed by atoms with Gasteiger partial charge in [-0.05, 0) is 17.7 Å². The second-order valence-electron chi connectivity index (χ2n) is 3.27. The Balaban J connectivity index is 2.78. The molecule has 0 aliphatic heterocycles. The molecular weight excluding hydrogens is 226 g/mol. The van der Waals surface area contributed by atoms with Crippen LogP contribution in [0.15, 0.2) is 18.2 Å². The third-order valence-corrected chi connectivity index (χ3v) is 3.47. The Morgan fingerprint density at radius 2 is 1.94 bits per heavy atom. The molecule has 0 fully saturated rings. The maximum atomic E-state index is 11.5. The average molecular weight is 243 g/mol.